The van der Waals surface area contributed by atoms with Crippen LogP contribution in [-0.4, -0.2) is 48.3 Å². The van der Waals surface area contributed by atoms with Crippen LogP contribution in [0.25, 0.3) is 0 Å². The summed E-state index contributed by atoms with van der Waals surface area (Å²) in [5, 5.41) is 15.0. The summed E-state index contributed by atoms with van der Waals surface area (Å²) in [6.45, 7) is 1.77. The summed E-state index contributed by atoms with van der Waals surface area (Å²) in [5.74, 6) is -1.05. The summed E-state index contributed by atoms with van der Waals surface area (Å²) >= 11 is 0. The zero-order valence-electron chi connectivity index (χ0n) is 10.4. The van der Waals surface area contributed by atoms with Gasteiger partial charge in [0.1, 0.15) is 6.10 Å². The minimum absolute atomic E-state index is 0.00110. The van der Waals surface area contributed by atoms with Crippen molar-refractivity contribution in [2.45, 2.75) is 43.7 Å². The number of morpholine rings is 1. The topological polar surface area (TPSA) is 87.7 Å². The van der Waals surface area contributed by atoms with E-state index < -0.39 is 17.6 Å². The molecular weight excluding hydrogens is 236 g/mol. The molecule has 2 aliphatic rings. The smallest absolute Gasteiger partial charge is 0.305 e. The fourth-order valence-corrected chi connectivity index (χ4v) is 2.76. The van der Waals surface area contributed by atoms with Gasteiger partial charge in [-0.1, -0.05) is 12.8 Å². The van der Waals surface area contributed by atoms with E-state index in [4.69, 9.17) is 9.84 Å². The molecule has 1 amide bonds. The average molecular weight is 256 g/mol. The number of hydrogen-bond donors (Lipinski definition) is 3. The normalized spacial score (nSPS) is 26.8. The van der Waals surface area contributed by atoms with Gasteiger partial charge in [-0.15, -0.1) is 0 Å². The molecule has 1 saturated carbocycles. The van der Waals surface area contributed by atoms with E-state index in [0.29, 0.717) is 13.2 Å². The average Bonchev–Trinajstić information content (AvgIpc) is 2.77. The van der Waals surface area contributed by atoms with Crippen LogP contribution in [0, 0.1) is 0 Å². The number of carboxylic acids is 1. The van der Waals surface area contributed by atoms with Gasteiger partial charge in [-0.25, -0.2) is 0 Å². The van der Waals surface area contributed by atoms with Crippen LogP contribution in [-0.2, 0) is 14.3 Å². The van der Waals surface area contributed by atoms with Crippen LogP contribution in [0.5, 0.6) is 0 Å². The second-order valence-electron chi connectivity index (χ2n) is 5.11. The van der Waals surface area contributed by atoms with Crippen molar-refractivity contribution in [3.63, 3.8) is 0 Å². The van der Waals surface area contributed by atoms with E-state index in [1.807, 2.05) is 0 Å². The number of amides is 1. The summed E-state index contributed by atoms with van der Waals surface area (Å²) in [6.07, 6.45) is 2.93. The highest BCUT2D eigenvalue weighted by molar-refractivity contribution is 5.83. The first-order chi connectivity index (χ1) is 8.61. The SMILES string of the molecule is O=C(O)CC1(NC(=O)C2CNCCO2)CCCC1. The largest absolute Gasteiger partial charge is 0.481 e. The van der Waals surface area contributed by atoms with Gasteiger partial charge in [0.15, 0.2) is 0 Å². The molecule has 18 heavy (non-hydrogen) atoms. The molecule has 2 fully saturated rings. The molecule has 1 aliphatic heterocycles. The lowest BCUT2D eigenvalue weighted by molar-refractivity contribution is -0.141. The van der Waals surface area contributed by atoms with Gasteiger partial charge in [-0.05, 0) is 12.8 Å². The Balaban J connectivity index is 1.95. The zero-order chi connectivity index (χ0) is 13.0. The minimum atomic E-state index is -0.861. The summed E-state index contributed by atoms with van der Waals surface area (Å²) in [4.78, 5) is 23.0. The number of carbonyl (C=O) groups is 2. The van der Waals surface area contributed by atoms with Gasteiger partial charge in [-0.3, -0.25) is 9.59 Å². The Kier molecular flexibility index (Phi) is 4.19. The molecule has 1 heterocycles. The lowest BCUT2D eigenvalue weighted by Crippen LogP contribution is -2.55. The first kappa shape index (κ1) is 13.3. The molecular formula is C12H20N2O4. The fourth-order valence-electron chi connectivity index (χ4n) is 2.76. The Morgan fingerprint density at radius 1 is 1.39 bits per heavy atom. The van der Waals surface area contributed by atoms with Crippen molar-refractivity contribution >= 4 is 11.9 Å². The summed E-state index contributed by atoms with van der Waals surface area (Å²) in [5.41, 5.74) is -0.566. The predicted octanol–water partition coefficient (Wildman–Crippen LogP) is -0.121. The quantitative estimate of drug-likeness (QED) is 0.652. The van der Waals surface area contributed by atoms with Gasteiger partial charge >= 0.3 is 5.97 Å². The molecule has 3 N–H and O–H groups in total. The lowest BCUT2D eigenvalue weighted by Gasteiger charge is -2.32. The second kappa shape index (κ2) is 5.67. The number of carboxylic acid groups (broad SMARTS) is 1. The van der Waals surface area contributed by atoms with Crippen molar-refractivity contribution in [1.29, 1.82) is 0 Å². The number of ether oxygens (including phenoxy) is 1. The van der Waals surface area contributed by atoms with Gasteiger partial charge in [0.05, 0.1) is 18.6 Å². The number of nitrogens with one attached hydrogen (secondary N) is 2. The van der Waals surface area contributed by atoms with Crippen LogP contribution in [0.2, 0.25) is 0 Å². The third kappa shape index (κ3) is 3.20. The monoisotopic (exact) mass is 256 g/mol. The molecule has 1 aliphatic carbocycles. The first-order valence-electron chi connectivity index (χ1n) is 6.47. The molecule has 0 bridgehead atoms. The van der Waals surface area contributed by atoms with Gasteiger partial charge in [0.2, 0.25) is 0 Å². The van der Waals surface area contributed by atoms with Crippen molar-refractivity contribution in [3.8, 4) is 0 Å². The molecule has 6 heteroatoms. The third-order valence-corrected chi connectivity index (χ3v) is 3.66. The van der Waals surface area contributed by atoms with Crippen LogP contribution in [0.1, 0.15) is 32.1 Å². The van der Waals surface area contributed by atoms with E-state index in [-0.39, 0.29) is 12.3 Å². The molecule has 102 valence electrons. The van der Waals surface area contributed by atoms with Gasteiger partial charge in [-0.2, -0.15) is 0 Å². The molecule has 0 aromatic heterocycles. The first-order valence-corrected chi connectivity index (χ1v) is 6.47. The highest BCUT2D eigenvalue weighted by Gasteiger charge is 2.39. The number of hydrogen-bond acceptors (Lipinski definition) is 4. The highest BCUT2D eigenvalue weighted by Crippen LogP contribution is 2.32. The zero-order valence-corrected chi connectivity index (χ0v) is 10.4. The highest BCUT2D eigenvalue weighted by atomic mass is 16.5. The fraction of sp³-hybridized carbons (Fsp3) is 0.833. The van der Waals surface area contributed by atoms with Crippen molar-refractivity contribution in [2.24, 2.45) is 0 Å². The Morgan fingerprint density at radius 3 is 2.67 bits per heavy atom. The molecule has 6 nitrogen and oxygen atoms in total. The van der Waals surface area contributed by atoms with E-state index >= 15 is 0 Å². The van der Waals surface area contributed by atoms with Crippen molar-refractivity contribution < 1.29 is 19.4 Å². The van der Waals surface area contributed by atoms with Crippen LogP contribution >= 0.6 is 0 Å². The van der Waals surface area contributed by atoms with Crippen LogP contribution < -0.4 is 10.6 Å². The number of aliphatic carboxylic acids is 1. The van der Waals surface area contributed by atoms with Gasteiger partial charge < -0.3 is 20.5 Å². The molecule has 2 rings (SSSR count). The van der Waals surface area contributed by atoms with Crippen LogP contribution in [0.4, 0.5) is 0 Å². The Labute approximate surface area is 106 Å². The Morgan fingerprint density at radius 2 is 2.11 bits per heavy atom. The standard InChI is InChI=1S/C12H20N2O4/c15-10(16)7-12(3-1-2-4-12)14-11(17)9-8-13-5-6-18-9/h9,13H,1-8H2,(H,14,17)(H,15,16). The maximum Gasteiger partial charge on any atom is 0.305 e. The van der Waals surface area contributed by atoms with Crippen LogP contribution in [0.15, 0.2) is 0 Å². The Bertz CT molecular complexity index is 320. The van der Waals surface area contributed by atoms with Crippen molar-refractivity contribution in [2.75, 3.05) is 19.7 Å². The number of rotatable bonds is 4. The van der Waals surface area contributed by atoms with Crippen LogP contribution in [0.3, 0.4) is 0 Å². The molecule has 1 saturated heterocycles. The van der Waals surface area contributed by atoms with Gasteiger partial charge in [0.25, 0.3) is 5.91 Å². The molecule has 1 atom stereocenters. The minimum Gasteiger partial charge on any atom is -0.481 e. The molecule has 0 radical (unpaired) electrons. The molecule has 1 unspecified atom stereocenters. The maximum absolute atomic E-state index is 12.1. The van der Waals surface area contributed by atoms with Crippen molar-refractivity contribution in [1.82, 2.24) is 10.6 Å². The lowest BCUT2D eigenvalue weighted by atomic mass is 9.93. The van der Waals surface area contributed by atoms with Gasteiger partial charge in [0, 0.05) is 13.1 Å². The Hall–Kier alpha value is -1.14. The van der Waals surface area contributed by atoms with E-state index in [2.05, 4.69) is 10.6 Å². The number of carbonyl (C=O) groups excluding carboxylic acids is 1. The maximum atomic E-state index is 12.1. The molecule has 0 aromatic rings. The molecule has 0 spiro atoms. The summed E-state index contributed by atoms with van der Waals surface area (Å²) in [6, 6.07) is 0. The second-order valence-corrected chi connectivity index (χ2v) is 5.11. The van der Waals surface area contributed by atoms with Crippen molar-refractivity contribution in [3.05, 3.63) is 0 Å². The van der Waals surface area contributed by atoms with E-state index in [1.54, 1.807) is 0 Å². The van der Waals surface area contributed by atoms with E-state index in [0.717, 1.165) is 32.2 Å². The summed E-state index contributed by atoms with van der Waals surface area (Å²) < 4.78 is 5.38. The summed E-state index contributed by atoms with van der Waals surface area (Å²) in [7, 11) is 0. The molecule has 0 aromatic carbocycles. The van der Waals surface area contributed by atoms with E-state index in [9.17, 15) is 9.59 Å². The predicted molar refractivity (Wildman–Crippen MR) is 64.2 cm³/mol. The van der Waals surface area contributed by atoms with E-state index in [1.165, 1.54) is 0 Å². The third-order valence-electron chi connectivity index (χ3n) is 3.66.